The Labute approximate surface area is 184 Å². The summed E-state index contributed by atoms with van der Waals surface area (Å²) < 4.78 is 10.8. The van der Waals surface area contributed by atoms with Crippen LogP contribution < -0.4 is 19.6 Å². The number of ether oxygens (including phenoxy) is 2. The third-order valence-electron chi connectivity index (χ3n) is 3.73. The first kappa shape index (κ1) is 23.6. The molecule has 0 saturated heterocycles. The van der Waals surface area contributed by atoms with Crippen molar-refractivity contribution in [3.05, 3.63) is 59.7 Å². The van der Waals surface area contributed by atoms with Gasteiger partial charge in [0.2, 0.25) is 0 Å². The molecule has 0 aliphatic heterocycles. The molecule has 0 heterocycles. The van der Waals surface area contributed by atoms with Gasteiger partial charge in [-0.1, -0.05) is 0 Å². The SMILES string of the molecule is COC(=O)CNC(=O)c1ccccc1[Se][Se]c1ccccc1C(=O)NCC(=O)OC. The number of nitrogens with one attached hydrogen (secondary N) is 2. The average Bonchev–Trinajstić information content (AvgIpc) is 2.79. The molecule has 2 amide bonds. The molecule has 158 valence electrons. The van der Waals surface area contributed by atoms with Gasteiger partial charge in [-0.3, -0.25) is 0 Å². The van der Waals surface area contributed by atoms with Crippen molar-refractivity contribution in [2.24, 2.45) is 0 Å². The topological polar surface area (TPSA) is 111 Å². The molecule has 0 radical (unpaired) electrons. The minimum absolute atomic E-state index is 0.0923. The van der Waals surface area contributed by atoms with E-state index in [0.29, 0.717) is 11.1 Å². The molecule has 0 saturated carbocycles. The third kappa shape index (κ3) is 7.00. The molecule has 0 unspecified atom stereocenters. The predicted molar refractivity (Wildman–Crippen MR) is 112 cm³/mol. The first-order chi connectivity index (χ1) is 14.5. The van der Waals surface area contributed by atoms with Gasteiger partial charge in [-0.2, -0.15) is 0 Å². The van der Waals surface area contributed by atoms with Crippen molar-refractivity contribution in [1.82, 2.24) is 10.6 Å². The van der Waals surface area contributed by atoms with Crippen LogP contribution in [0.1, 0.15) is 20.7 Å². The van der Waals surface area contributed by atoms with E-state index in [4.69, 9.17) is 0 Å². The monoisotopic (exact) mass is 544 g/mol. The Kier molecular flexibility index (Phi) is 9.57. The molecule has 0 aromatic heterocycles. The summed E-state index contributed by atoms with van der Waals surface area (Å²) in [5.74, 6) is -1.75. The summed E-state index contributed by atoms with van der Waals surface area (Å²) in [7, 11) is 2.51. The number of methoxy groups -OCH3 is 2. The predicted octanol–water partition coefficient (Wildman–Crippen LogP) is -1.23. The number of rotatable bonds is 9. The van der Waals surface area contributed by atoms with Crippen LogP contribution in [-0.4, -0.2) is 77.3 Å². The van der Waals surface area contributed by atoms with Crippen molar-refractivity contribution in [3.63, 3.8) is 0 Å². The van der Waals surface area contributed by atoms with Crippen LogP contribution in [0.2, 0.25) is 0 Å². The number of esters is 2. The van der Waals surface area contributed by atoms with Crippen LogP contribution in [0, 0.1) is 0 Å². The Morgan fingerprint density at radius 3 is 1.43 bits per heavy atom. The first-order valence-electron chi connectivity index (χ1n) is 8.69. The van der Waals surface area contributed by atoms with Gasteiger partial charge >= 0.3 is 185 Å². The molecule has 30 heavy (non-hydrogen) atoms. The summed E-state index contributed by atoms with van der Waals surface area (Å²) in [6.45, 7) is -0.407. The van der Waals surface area contributed by atoms with Gasteiger partial charge in [0, 0.05) is 0 Å². The van der Waals surface area contributed by atoms with Crippen LogP contribution in [0.3, 0.4) is 0 Å². The van der Waals surface area contributed by atoms with Crippen LogP contribution in [0.4, 0.5) is 0 Å². The summed E-state index contributed by atoms with van der Waals surface area (Å²) in [6.07, 6.45) is 0. The minimum atomic E-state index is -0.526. The number of amides is 2. The van der Waals surface area contributed by atoms with Crippen LogP contribution >= 0.6 is 0 Å². The number of carbonyl (C=O) groups is 4. The number of hydrogen-bond acceptors (Lipinski definition) is 6. The Hall–Kier alpha value is -2.64. The van der Waals surface area contributed by atoms with E-state index in [9.17, 15) is 19.2 Å². The molecule has 0 spiro atoms. The van der Waals surface area contributed by atoms with Gasteiger partial charge in [-0.25, -0.2) is 0 Å². The average molecular weight is 542 g/mol. The van der Waals surface area contributed by atoms with E-state index in [2.05, 4.69) is 20.1 Å². The molecular formula is C20H20N2O6Se2. The fourth-order valence-corrected chi connectivity index (χ4v) is 9.30. The van der Waals surface area contributed by atoms with E-state index in [1.54, 1.807) is 24.3 Å². The van der Waals surface area contributed by atoms with Crippen molar-refractivity contribution in [3.8, 4) is 0 Å². The first-order valence-corrected chi connectivity index (χ1v) is 14.7. The quantitative estimate of drug-likeness (QED) is 0.304. The third-order valence-corrected chi connectivity index (χ3v) is 11.0. The van der Waals surface area contributed by atoms with Gasteiger partial charge in [0.25, 0.3) is 0 Å². The second-order valence-corrected chi connectivity index (χ2v) is 11.9. The summed E-state index contributed by atoms with van der Waals surface area (Å²) in [4.78, 5) is 47.4. The molecule has 0 aliphatic rings. The van der Waals surface area contributed by atoms with E-state index in [1.165, 1.54) is 14.2 Å². The maximum absolute atomic E-state index is 12.4. The summed E-state index contributed by atoms with van der Waals surface area (Å²) in [5, 5.41) is 5.09. The second kappa shape index (κ2) is 12.1. The standard InChI is InChI=1S/C20H20N2O6Se2/c1-27-17(23)11-21-19(25)13-7-3-5-9-15(13)29-30-16-10-6-4-8-14(16)20(26)22-12-18(24)28-2/h3-10H,11-12H2,1-2H3,(H,21,25)(H,22,26). The van der Waals surface area contributed by atoms with Gasteiger partial charge < -0.3 is 0 Å². The molecule has 0 atom stereocenters. The summed E-state index contributed by atoms with van der Waals surface area (Å²) in [6, 6.07) is 14.4. The van der Waals surface area contributed by atoms with E-state index in [1.807, 2.05) is 24.3 Å². The van der Waals surface area contributed by atoms with Crippen molar-refractivity contribution >= 4 is 58.9 Å². The molecule has 8 nitrogen and oxygen atoms in total. The van der Waals surface area contributed by atoms with Gasteiger partial charge in [0.05, 0.1) is 0 Å². The van der Waals surface area contributed by atoms with Gasteiger partial charge in [0.15, 0.2) is 0 Å². The molecule has 2 aromatic carbocycles. The van der Waals surface area contributed by atoms with Gasteiger partial charge in [0.1, 0.15) is 0 Å². The van der Waals surface area contributed by atoms with E-state index >= 15 is 0 Å². The van der Waals surface area contributed by atoms with Crippen molar-refractivity contribution in [2.75, 3.05) is 27.3 Å². The molecule has 2 rings (SSSR count). The molecule has 0 aliphatic carbocycles. The fourth-order valence-electron chi connectivity index (χ4n) is 2.18. The molecule has 2 N–H and O–H groups in total. The van der Waals surface area contributed by atoms with Crippen LogP contribution in [0.15, 0.2) is 48.5 Å². The molecule has 0 fully saturated rings. The van der Waals surface area contributed by atoms with Crippen LogP contribution in [0.25, 0.3) is 0 Å². The normalized spacial score (nSPS) is 10.1. The number of benzene rings is 2. The van der Waals surface area contributed by atoms with Crippen molar-refractivity contribution in [1.29, 1.82) is 0 Å². The Morgan fingerprint density at radius 2 is 1.07 bits per heavy atom. The summed E-state index contributed by atoms with van der Waals surface area (Å²) >= 11 is -0.185. The molecule has 10 heteroatoms. The fraction of sp³-hybridized carbons (Fsp3) is 0.200. The van der Waals surface area contributed by atoms with Crippen molar-refractivity contribution < 1.29 is 28.7 Å². The molecule has 2 aromatic rings. The van der Waals surface area contributed by atoms with Crippen LogP contribution in [-0.2, 0) is 19.1 Å². The Bertz CT molecular complexity index is 860. The van der Waals surface area contributed by atoms with Gasteiger partial charge in [-0.15, -0.1) is 0 Å². The molecule has 0 bridgehead atoms. The van der Waals surface area contributed by atoms with E-state index in [-0.39, 0.29) is 51.2 Å². The summed E-state index contributed by atoms with van der Waals surface area (Å²) in [5.41, 5.74) is 0.992. The van der Waals surface area contributed by atoms with Crippen LogP contribution in [0.5, 0.6) is 0 Å². The van der Waals surface area contributed by atoms with Crippen molar-refractivity contribution in [2.45, 2.75) is 0 Å². The van der Waals surface area contributed by atoms with E-state index in [0.717, 1.165) is 8.92 Å². The Balaban J connectivity index is 2.09. The Morgan fingerprint density at radius 1 is 0.700 bits per heavy atom. The maximum atomic E-state index is 12.4. The second-order valence-electron chi connectivity index (χ2n) is 5.68. The number of carbonyl (C=O) groups excluding carboxylic acids is 4. The zero-order valence-electron chi connectivity index (χ0n) is 16.3. The number of hydrogen-bond donors (Lipinski definition) is 2. The zero-order valence-corrected chi connectivity index (χ0v) is 19.7. The molecular weight excluding hydrogens is 522 g/mol. The van der Waals surface area contributed by atoms with Gasteiger partial charge in [-0.05, 0) is 0 Å². The van der Waals surface area contributed by atoms with E-state index < -0.39 is 11.9 Å². The zero-order chi connectivity index (χ0) is 21.9.